The highest BCUT2D eigenvalue weighted by atomic mass is 16.6. The minimum absolute atomic E-state index is 0.0416. The molecule has 2 amide bonds. The molecule has 0 aliphatic carbocycles. The molecule has 0 aliphatic heterocycles. The molecule has 2 N–H and O–H groups in total. The van der Waals surface area contributed by atoms with Crippen LogP contribution in [0.3, 0.4) is 0 Å². The number of carbonyl (C=O) groups is 2. The number of nitrogens with zero attached hydrogens (tertiary/aromatic N) is 6. The fourth-order valence-corrected chi connectivity index (χ4v) is 7.09. The Morgan fingerprint density at radius 3 is 1.13 bits per heavy atom. The summed E-state index contributed by atoms with van der Waals surface area (Å²) in [6.07, 6.45) is 0. The summed E-state index contributed by atoms with van der Waals surface area (Å²) < 4.78 is 0. The summed E-state index contributed by atoms with van der Waals surface area (Å²) in [7, 11) is 0. The first kappa shape index (κ1) is 38.5. The SMILES string of the molecule is O=C(Nc1ccc(-c2nc(-c3ccc(-c4nc(-c5ccc(NC(=O)c6ccccc6[N+](=O)[O-])cc5)nc5ccccc45)cc3)c3ccccc3n2)cc1)c1ccccc1[N+](=O)[O-]. The normalized spacial score (nSPS) is 11.0. The zero-order chi connectivity index (χ0) is 42.7. The average molecular weight is 815 g/mol. The second kappa shape index (κ2) is 16.3. The van der Waals surface area contributed by atoms with Gasteiger partial charge in [0, 0.05) is 56.5 Å². The number of rotatable bonds is 10. The van der Waals surface area contributed by atoms with E-state index in [1.165, 1.54) is 36.4 Å². The van der Waals surface area contributed by atoms with Crippen LogP contribution in [0.15, 0.2) is 170 Å². The number of nitrogens with one attached hydrogen (secondary N) is 2. The highest BCUT2D eigenvalue weighted by molar-refractivity contribution is 6.08. The molecule has 0 spiro atoms. The van der Waals surface area contributed by atoms with Crippen LogP contribution in [-0.4, -0.2) is 41.6 Å². The van der Waals surface area contributed by atoms with Crippen molar-refractivity contribution in [1.29, 1.82) is 0 Å². The van der Waals surface area contributed by atoms with Crippen LogP contribution >= 0.6 is 0 Å². The van der Waals surface area contributed by atoms with E-state index in [1.807, 2.05) is 72.8 Å². The van der Waals surface area contributed by atoms with Crippen LogP contribution in [0.1, 0.15) is 20.7 Å². The fraction of sp³-hybridized carbons (Fsp3) is 0. The topological polar surface area (TPSA) is 196 Å². The van der Waals surface area contributed by atoms with Gasteiger partial charge in [-0.2, -0.15) is 0 Å². The van der Waals surface area contributed by atoms with Crippen molar-refractivity contribution >= 4 is 56.4 Å². The van der Waals surface area contributed by atoms with Gasteiger partial charge in [-0.3, -0.25) is 29.8 Å². The molecule has 14 nitrogen and oxygen atoms in total. The fourth-order valence-electron chi connectivity index (χ4n) is 7.09. The third-order valence-corrected chi connectivity index (χ3v) is 10.1. The number of benzene rings is 7. The van der Waals surface area contributed by atoms with Crippen LogP contribution in [0.4, 0.5) is 22.7 Å². The van der Waals surface area contributed by atoms with Crippen molar-refractivity contribution in [2.45, 2.75) is 0 Å². The Bertz CT molecular complexity index is 3010. The molecule has 0 bridgehead atoms. The van der Waals surface area contributed by atoms with E-state index in [-0.39, 0.29) is 22.5 Å². The number of hydrogen-bond acceptors (Lipinski definition) is 10. The molecule has 0 fully saturated rings. The van der Waals surface area contributed by atoms with Gasteiger partial charge in [0.1, 0.15) is 11.1 Å². The van der Waals surface area contributed by atoms with Gasteiger partial charge in [-0.25, -0.2) is 19.9 Å². The smallest absolute Gasteiger partial charge is 0.282 e. The lowest BCUT2D eigenvalue weighted by molar-refractivity contribution is -0.385. The molecule has 2 heterocycles. The molecular formula is C48H30N8O6. The van der Waals surface area contributed by atoms with Gasteiger partial charge in [0.2, 0.25) is 0 Å². The zero-order valence-electron chi connectivity index (χ0n) is 32.3. The second-order valence-corrected chi connectivity index (χ2v) is 14.0. The molecule has 9 aromatic rings. The summed E-state index contributed by atoms with van der Waals surface area (Å²) in [5.74, 6) is -0.250. The number of carbonyl (C=O) groups excluding carboxylic acids is 2. The lowest BCUT2D eigenvalue weighted by Gasteiger charge is -2.12. The molecule has 0 saturated heterocycles. The minimum atomic E-state index is -0.595. The van der Waals surface area contributed by atoms with Gasteiger partial charge in [-0.1, -0.05) is 84.9 Å². The van der Waals surface area contributed by atoms with Crippen LogP contribution in [0, 0.1) is 20.2 Å². The summed E-state index contributed by atoms with van der Waals surface area (Å²) >= 11 is 0. The van der Waals surface area contributed by atoms with Gasteiger partial charge in [0.25, 0.3) is 23.2 Å². The third kappa shape index (κ3) is 7.65. The van der Waals surface area contributed by atoms with Gasteiger partial charge in [-0.15, -0.1) is 0 Å². The molecule has 9 rings (SSSR count). The first-order chi connectivity index (χ1) is 30.2. The molecule has 0 radical (unpaired) electrons. The number of nitro groups is 2. The van der Waals surface area contributed by atoms with Gasteiger partial charge in [0.05, 0.1) is 32.3 Å². The quantitative estimate of drug-likeness (QED) is 0.0990. The van der Waals surface area contributed by atoms with Crippen LogP contribution in [0.5, 0.6) is 0 Å². The van der Waals surface area contributed by atoms with E-state index in [0.717, 1.165) is 32.9 Å². The van der Waals surface area contributed by atoms with Crippen molar-refractivity contribution in [2.75, 3.05) is 10.6 Å². The Labute approximate surface area is 351 Å². The Kier molecular flexibility index (Phi) is 10.1. The molecule has 0 saturated carbocycles. The number of para-hydroxylation sites is 4. The summed E-state index contributed by atoms with van der Waals surface area (Å²) in [5, 5.41) is 30.1. The van der Waals surface area contributed by atoms with Crippen molar-refractivity contribution in [3.63, 3.8) is 0 Å². The molecule has 14 heteroatoms. The Balaban J connectivity index is 0.996. The van der Waals surface area contributed by atoms with Gasteiger partial charge < -0.3 is 10.6 Å². The van der Waals surface area contributed by atoms with Crippen LogP contribution in [0.2, 0.25) is 0 Å². The van der Waals surface area contributed by atoms with Crippen LogP contribution < -0.4 is 10.6 Å². The van der Waals surface area contributed by atoms with Crippen molar-refractivity contribution in [2.24, 2.45) is 0 Å². The number of amides is 2. The molecule has 62 heavy (non-hydrogen) atoms. The predicted octanol–water partition coefficient (Wildman–Crippen LogP) is 10.6. The standard InChI is InChI=1S/C48H30N8O6/c57-47(37-11-3-7-15-41(37)55(59)60)49-33-25-21-31(22-26-33)45-51-39-13-5-1-9-35(39)43(53-45)29-17-19-30(20-18-29)44-36-10-2-6-14-40(36)52-46(54-44)32-23-27-34(28-24-32)50-48(58)38-12-4-8-16-42(38)56(61)62/h1-28H,(H,49,57)(H,50,58). The van der Waals surface area contributed by atoms with Gasteiger partial charge in [-0.05, 0) is 72.8 Å². The van der Waals surface area contributed by atoms with E-state index in [1.54, 1.807) is 60.7 Å². The Morgan fingerprint density at radius 1 is 0.403 bits per heavy atom. The maximum absolute atomic E-state index is 12.9. The Morgan fingerprint density at radius 2 is 0.742 bits per heavy atom. The van der Waals surface area contributed by atoms with Gasteiger partial charge in [0.15, 0.2) is 11.6 Å². The second-order valence-electron chi connectivity index (χ2n) is 14.0. The van der Waals surface area contributed by atoms with Crippen molar-refractivity contribution in [3.8, 4) is 45.3 Å². The summed E-state index contributed by atoms with van der Waals surface area (Å²) in [5.41, 5.74) is 6.27. The minimum Gasteiger partial charge on any atom is -0.322 e. The average Bonchev–Trinajstić information content (AvgIpc) is 3.31. The van der Waals surface area contributed by atoms with E-state index in [4.69, 9.17) is 19.9 Å². The highest BCUT2D eigenvalue weighted by Crippen LogP contribution is 2.34. The van der Waals surface area contributed by atoms with E-state index in [2.05, 4.69) is 10.6 Å². The summed E-state index contributed by atoms with van der Waals surface area (Å²) in [6, 6.07) is 48.9. The molecular weight excluding hydrogens is 785 g/mol. The van der Waals surface area contributed by atoms with Gasteiger partial charge >= 0.3 is 0 Å². The molecule has 0 unspecified atom stereocenters. The lowest BCUT2D eigenvalue weighted by atomic mass is 10.0. The van der Waals surface area contributed by atoms with Crippen LogP contribution in [0.25, 0.3) is 67.1 Å². The highest BCUT2D eigenvalue weighted by Gasteiger charge is 2.21. The predicted molar refractivity (Wildman–Crippen MR) is 236 cm³/mol. The first-order valence-electron chi connectivity index (χ1n) is 19.1. The maximum Gasteiger partial charge on any atom is 0.282 e. The lowest BCUT2D eigenvalue weighted by Crippen LogP contribution is -2.13. The number of fused-ring (bicyclic) bond motifs is 2. The molecule has 298 valence electrons. The van der Waals surface area contributed by atoms with E-state index >= 15 is 0 Å². The number of aromatic nitrogens is 4. The monoisotopic (exact) mass is 814 g/mol. The summed E-state index contributed by atoms with van der Waals surface area (Å²) in [6.45, 7) is 0. The van der Waals surface area contributed by atoms with E-state index < -0.39 is 21.7 Å². The van der Waals surface area contributed by atoms with Crippen LogP contribution in [-0.2, 0) is 0 Å². The largest absolute Gasteiger partial charge is 0.322 e. The first-order valence-corrected chi connectivity index (χ1v) is 19.1. The maximum atomic E-state index is 12.9. The number of hydrogen-bond donors (Lipinski definition) is 2. The molecule has 0 atom stereocenters. The van der Waals surface area contributed by atoms with E-state index in [0.29, 0.717) is 45.5 Å². The molecule has 2 aromatic heterocycles. The van der Waals surface area contributed by atoms with E-state index in [9.17, 15) is 29.8 Å². The van der Waals surface area contributed by atoms with Crippen molar-refractivity contribution in [3.05, 3.63) is 201 Å². The third-order valence-electron chi connectivity index (χ3n) is 10.1. The number of nitro benzene ring substituents is 2. The number of anilines is 2. The zero-order valence-corrected chi connectivity index (χ0v) is 32.3. The van der Waals surface area contributed by atoms with Crippen molar-refractivity contribution < 1.29 is 19.4 Å². The van der Waals surface area contributed by atoms with Crippen molar-refractivity contribution in [1.82, 2.24) is 19.9 Å². The Hall–Kier alpha value is -9.04. The molecule has 7 aromatic carbocycles. The summed E-state index contributed by atoms with van der Waals surface area (Å²) in [4.78, 5) is 67.3. The molecule has 0 aliphatic rings.